The summed E-state index contributed by atoms with van der Waals surface area (Å²) in [5, 5.41) is 3.35. The fourth-order valence-corrected chi connectivity index (χ4v) is 6.24. The van der Waals surface area contributed by atoms with Gasteiger partial charge in [-0.1, -0.05) is 51.5 Å². The fraction of sp³-hybridized carbons (Fsp3) is 0.425. The lowest BCUT2D eigenvalue weighted by atomic mass is 9.89. The van der Waals surface area contributed by atoms with Gasteiger partial charge in [0.1, 0.15) is 17.5 Å². The van der Waals surface area contributed by atoms with Crippen LogP contribution in [0.3, 0.4) is 0 Å². The number of pyridine rings is 1. The smallest absolute Gasteiger partial charge is 0.435 e. The highest BCUT2D eigenvalue weighted by Gasteiger charge is 2.24. The Morgan fingerprint density at radius 2 is 1.72 bits per heavy atom. The van der Waals surface area contributed by atoms with Crippen molar-refractivity contribution < 1.29 is 33.4 Å². The highest BCUT2D eigenvalue weighted by Crippen LogP contribution is 2.25. The molecule has 2 aromatic carbocycles. The predicted octanol–water partition coefficient (Wildman–Crippen LogP) is 6.66. The number of ether oxygens (including phenoxy) is 3. The van der Waals surface area contributed by atoms with Gasteiger partial charge in [0, 0.05) is 36.6 Å². The Balaban J connectivity index is 1.17. The van der Waals surface area contributed by atoms with E-state index in [-0.39, 0.29) is 36.6 Å². The Morgan fingerprint density at radius 1 is 0.944 bits per heavy atom. The summed E-state index contributed by atoms with van der Waals surface area (Å²) in [5.41, 5.74) is 9.26. The summed E-state index contributed by atoms with van der Waals surface area (Å²) in [4.78, 5) is 65.2. The number of aromatic nitrogens is 3. The third kappa shape index (κ3) is 11.1. The molecule has 1 aliphatic carbocycles. The maximum absolute atomic E-state index is 13.9. The van der Waals surface area contributed by atoms with Crippen LogP contribution in [0.4, 0.5) is 16.3 Å². The van der Waals surface area contributed by atoms with Crippen molar-refractivity contribution in [2.24, 2.45) is 23.7 Å². The zero-order valence-corrected chi connectivity index (χ0v) is 31.0. The van der Waals surface area contributed by atoms with Gasteiger partial charge in [0.05, 0.1) is 36.5 Å². The molecule has 0 radical (unpaired) electrons. The molecule has 0 spiro atoms. The quantitative estimate of drug-likeness (QED) is 0.0389. The molecule has 0 saturated heterocycles. The van der Waals surface area contributed by atoms with Crippen molar-refractivity contribution in [2.75, 3.05) is 30.2 Å². The van der Waals surface area contributed by atoms with E-state index < -0.39 is 18.9 Å². The minimum Gasteiger partial charge on any atom is -0.448 e. The Bertz CT molecular complexity index is 1900. The molecular formula is C40H49N7O7. The number of carbonyl (C=O) groups excluding carboxylic acids is 4. The summed E-state index contributed by atoms with van der Waals surface area (Å²) < 4.78 is 17.4. The average molecular weight is 740 g/mol. The Hall–Kier alpha value is -5.79. The second-order valence-electron chi connectivity index (χ2n) is 13.2. The molecule has 0 atom stereocenters. The number of esters is 2. The summed E-state index contributed by atoms with van der Waals surface area (Å²) in [6, 6.07) is 17.7. The standard InChI is InChI=1S/C40H49N7O7/c1-3-4-5-11-24-52-40(51)45-37(41)28-15-18-31(19-16-28)43-26-35-44-32-25-30(17-20-33(32)46(35)2)38(49)47(34-14-9-10-22-42-34)23-21-36(48)53-27-54-39(50)29-12-7-6-8-13-29/h9-10,14-20,22,25,29,43H,3-8,11-13,21,23-24,26-27H2,1-2H3,(H2,41,45,51). The molecule has 4 aromatic rings. The molecule has 0 bridgehead atoms. The number of rotatable bonds is 17. The van der Waals surface area contributed by atoms with E-state index in [9.17, 15) is 19.2 Å². The van der Waals surface area contributed by atoms with Crippen LogP contribution in [0.1, 0.15) is 92.9 Å². The van der Waals surface area contributed by atoms with Crippen LogP contribution in [0.25, 0.3) is 11.0 Å². The van der Waals surface area contributed by atoms with Crippen LogP contribution in [0, 0.1) is 5.92 Å². The number of hydrogen-bond acceptors (Lipinski definition) is 10. The summed E-state index contributed by atoms with van der Waals surface area (Å²) in [6.45, 7) is 2.38. The van der Waals surface area contributed by atoms with Crippen molar-refractivity contribution in [3.63, 3.8) is 0 Å². The van der Waals surface area contributed by atoms with Crippen molar-refractivity contribution in [1.29, 1.82) is 0 Å². The Kier molecular flexibility index (Phi) is 14.5. The van der Waals surface area contributed by atoms with E-state index in [2.05, 4.69) is 22.2 Å². The van der Waals surface area contributed by atoms with E-state index in [0.717, 1.165) is 74.8 Å². The molecule has 14 nitrogen and oxygen atoms in total. The molecular weight excluding hydrogens is 690 g/mol. The molecule has 286 valence electrons. The number of hydrogen-bond donors (Lipinski definition) is 2. The van der Waals surface area contributed by atoms with Gasteiger partial charge in [-0.3, -0.25) is 19.3 Å². The molecule has 2 heterocycles. The highest BCUT2D eigenvalue weighted by molar-refractivity contribution is 6.07. The fourth-order valence-electron chi connectivity index (χ4n) is 6.24. The number of aryl methyl sites for hydroxylation is 1. The number of amidine groups is 1. The van der Waals surface area contributed by atoms with Crippen LogP contribution in [0.5, 0.6) is 0 Å². The maximum Gasteiger partial charge on any atom is 0.435 e. The van der Waals surface area contributed by atoms with Crippen molar-refractivity contribution in [1.82, 2.24) is 14.5 Å². The van der Waals surface area contributed by atoms with Crippen LogP contribution in [-0.4, -0.2) is 64.3 Å². The van der Waals surface area contributed by atoms with Gasteiger partial charge in [-0.25, -0.2) is 14.8 Å². The van der Waals surface area contributed by atoms with Gasteiger partial charge in [0.2, 0.25) is 6.79 Å². The monoisotopic (exact) mass is 739 g/mol. The number of anilines is 2. The average Bonchev–Trinajstić information content (AvgIpc) is 3.51. The number of amides is 2. The highest BCUT2D eigenvalue weighted by atomic mass is 16.7. The molecule has 2 aromatic heterocycles. The third-order valence-corrected chi connectivity index (χ3v) is 9.36. The summed E-state index contributed by atoms with van der Waals surface area (Å²) >= 11 is 0. The van der Waals surface area contributed by atoms with E-state index in [0.29, 0.717) is 35.6 Å². The molecule has 1 fully saturated rings. The number of benzene rings is 2. The van der Waals surface area contributed by atoms with E-state index >= 15 is 0 Å². The van der Waals surface area contributed by atoms with Gasteiger partial charge in [0.15, 0.2) is 0 Å². The van der Waals surface area contributed by atoms with Gasteiger partial charge in [-0.15, -0.1) is 0 Å². The van der Waals surface area contributed by atoms with E-state index in [1.807, 2.05) is 29.8 Å². The normalized spacial score (nSPS) is 13.3. The van der Waals surface area contributed by atoms with Crippen LogP contribution in [0.2, 0.25) is 0 Å². The van der Waals surface area contributed by atoms with E-state index in [4.69, 9.17) is 24.9 Å². The van der Waals surface area contributed by atoms with Crippen molar-refractivity contribution in [2.45, 2.75) is 77.7 Å². The summed E-state index contributed by atoms with van der Waals surface area (Å²) in [6.07, 6.45) is 9.43. The number of nitrogens with zero attached hydrogens (tertiary/aromatic N) is 5. The zero-order chi connectivity index (χ0) is 38.3. The molecule has 0 unspecified atom stereocenters. The summed E-state index contributed by atoms with van der Waals surface area (Å²) in [5.74, 6) is -0.261. The molecule has 5 rings (SSSR count). The first-order chi connectivity index (χ1) is 26.2. The largest absolute Gasteiger partial charge is 0.448 e. The lowest BCUT2D eigenvalue weighted by Crippen LogP contribution is -2.34. The molecule has 3 N–H and O–H groups in total. The predicted molar refractivity (Wildman–Crippen MR) is 205 cm³/mol. The van der Waals surface area contributed by atoms with Crippen LogP contribution >= 0.6 is 0 Å². The van der Waals surface area contributed by atoms with Gasteiger partial charge in [-0.05, 0) is 73.9 Å². The number of aliphatic imine (C=N–C) groups is 1. The van der Waals surface area contributed by atoms with Crippen LogP contribution in [-0.2, 0) is 37.4 Å². The topological polar surface area (TPSA) is 180 Å². The zero-order valence-electron chi connectivity index (χ0n) is 31.0. The second kappa shape index (κ2) is 19.9. The number of fused-ring (bicyclic) bond motifs is 1. The molecule has 54 heavy (non-hydrogen) atoms. The SMILES string of the molecule is CCCCCCOC(=O)/N=C(/N)c1ccc(NCc2nc3cc(C(=O)N(CCC(=O)OCOC(=O)C4CCCCC4)c4ccccn4)ccc3n2C)cc1. The molecule has 1 aliphatic rings. The Labute approximate surface area is 315 Å². The lowest BCUT2D eigenvalue weighted by molar-refractivity contribution is -0.170. The number of imidazole rings is 1. The first-order valence-electron chi connectivity index (χ1n) is 18.6. The van der Waals surface area contributed by atoms with Gasteiger partial charge in [-0.2, -0.15) is 4.99 Å². The van der Waals surface area contributed by atoms with Gasteiger partial charge in [0.25, 0.3) is 5.91 Å². The number of unbranched alkanes of at least 4 members (excludes halogenated alkanes) is 3. The first kappa shape index (κ1) is 39.4. The van der Waals surface area contributed by atoms with Crippen molar-refractivity contribution in [3.8, 4) is 0 Å². The molecule has 2 amide bonds. The molecule has 0 aliphatic heterocycles. The molecule has 1 saturated carbocycles. The van der Waals surface area contributed by atoms with E-state index in [1.165, 1.54) is 4.90 Å². The van der Waals surface area contributed by atoms with Crippen molar-refractivity contribution in [3.05, 3.63) is 83.8 Å². The Morgan fingerprint density at radius 3 is 2.46 bits per heavy atom. The van der Waals surface area contributed by atoms with Crippen molar-refractivity contribution >= 4 is 52.3 Å². The minimum atomic E-state index is -0.701. The number of nitrogens with two attached hydrogens (primary N) is 1. The second-order valence-corrected chi connectivity index (χ2v) is 13.2. The lowest BCUT2D eigenvalue weighted by Gasteiger charge is -2.22. The third-order valence-electron chi connectivity index (χ3n) is 9.36. The minimum absolute atomic E-state index is 0.000179. The number of nitrogens with one attached hydrogen (secondary N) is 1. The van der Waals surface area contributed by atoms with Crippen LogP contribution < -0.4 is 16.0 Å². The number of carbonyl (C=O) groups is 4. The summed E-state index contributed by atoms with van der Waals surface area (Å²) in [7, 11) is 1.90. The van der Waals surface area contributed by atoms with Gasteiger partial charge < -0.3 is 29.8 Å². The van der Waals surface area contributed by atoms with E-state index in [1.54, 1.807) is 48.7 Å². The first-order valence-corrected chi connectivity index (χ1v) is 18.6. The van der Waals surface area contributed by atoms with Crippen LogP contribution in [0.15, 0.2) is 71.9 Å². The maximum atomic E-state index is 13.9. The van der Waals surface area contributed by atoms with Gasteiger partial charge >= 0.3 is 18.0 Å². The molecule has 14 heteroatoms.